The summed E-state index contributed by atoms with van der Waals surface area (Å²) >= 11 is 0. The minimum Gasteiger partial charge on any atom is -0.494 e. The van der Waals surface area contributed by atoms with E-state index in [4.69, 9.17) is 4.74 Å². The van der Waals surface area contributed by atoms with Crippen molar-refractivity contribution in [1.29, 1.82) is 0 Å². The highest BCUT2D eigenvalue weighted by Crippen LogP contribution is 2.26. The Morgan fingerprint density at radius 2 is 1.74 bits per heavy atom. The quantitative estimate of drug-likeness (QED) is 0.848. The number of aryl methyl sites for hydroxylation is 2. The number of hydrogen-bond acceptors (Lipinski definition) is 2. The molecule has 0 bridgehead atoms. The van der Waals surface area contributed by atoms with Gasteiger partial charge >= 0.3 is 6.03 Å². The van der Waals surface area contributed by atoms with E-state index in [1.54, 1.807) is 0 Å². The van der Waals surface area contributed by atoms with Gasteiger partial charge in [-0.05, 0) is 45.9 Å². The van der Waals surface area contributed by atoms with Crippen molar-refractivity contribution in [2.24, 2.45) is 0 Å². The SMILES string of the molecule is CCOc1ccc(C)cc1C(C)NC(=O)Nc1ccc(C)cc1. The largest absolute Gasteiger partial charge is 0.494 e. The number of rotatable bonds is 5. The summed E-state index contributed by atoms with van der Waals surface area (Å²) in [6.07, 6.45) is 0. The van der Waals surface area contributed by atoms with E-state index in [0.717, 1.165) is 28.1 Å². The number of benzene rings is 2. The Kier molecular flexibility index (Phi) is 5.63. The molecule has 0 fully saturated rings. The first kappa shape index (κ1) is 16.9. The molecule has 0 saturated carbocycles. The fourth-order valence-corrected chi connectivity index (χ4v) is 2.37. The second kappa shape index (κ2) is 7.68. The summed E-state index contributed by atoms with van der Waals surface area (Å²) in [4.78, 5) is 12.2. The van der Waals surface area contributed by atoms with Crippen molar-refractivity contribution < 1.29 is 9.53 Å². The second-order valence-electron chi connectivity index (χ2n) is 5.66. The molecule has 0 saturated heterocycles. The number of carbonyl (C=O) groups is 1. The van der Waals surface area contributed by atoms with Crippen molar-refractivity contribution in [3.8, 4) is 5.75 Å². The van der Waals surface area contributed by atoms with Crippen LogP contribution in [0.4, 0.5) is 10.5 Å². The zero-order valence-electron chi connectivity index (χ0n) is 14.1. The Hall–Kier alpha value is -2.49. The third kappa shape index (κ3) is 4.74. The lowest BCUT2D eigenvalue weighted by Gasteiger charge is -2.19. The van der Waals surface area contributed by atoms with Crippen LogP contribution in [0.1, 0.15) is 36.6 Å². The molecule has 2 aromatic rings. The normalized spacial score (nSPS) is 11.7. The van der Waals surface area contributed by atoms with Gasteiger partial charge in [-0.15, -0.1) is 0 Å². The smallest absolute Gasteiger partial charge is 0.319 e. The molecule has 0 radical (unpaired) electrons. The van der Waals surface area contributed by atoms with Crippen LogP contribution in [0.25, 0.3) is 0 Å². The fourth-order valence-electron chi connectivity index (χ4n) is 2.37. The van der Waals surface area contributed by atoms with Gasteiger partial charge in [0.25, 0.3) is 0 Å². The average Bonchev–Trinajstić information content (AvgIpc) is 2.51. The summed E-state index contributed by atoms with van der Waals surface area (Å²) < 4.78 is 5.65. The van der Waals surface area contributed by atoms with Crippen LogP contribution in [0.2, 0.25) is 0 Å². The summed E-state index contributed by atoms with van der Waals surface area (Å²) in [7, 11) is 0. The van der Waals surface area contributed by atoms with Crippen LogP contribution < -0.4 is 15.4 Å². The second-order valence-corrected chi connectivity index (χ2v) is 5.66. The maximum Gasteiger partial charge on any atom is 0.319 e. The van der Waals surface area contributed by atoms with Crippen molar-refractivity contribution in [2.45, 2.75) is 33.7 Å². The highest BCUT2D eigenvalue weighted by molar-refractivity contribution is 5.89. The number of ether oxygens (including phenoxy) is 1. The number of urea groups is 1. The van der Waals surface area contributed by atoms with Gasteiger partial charge in [0.05, 0.1) is 12.6 Å². The molecule has 4 nitrogen and oxygen atoms in total. The van der Waals surface area contributed by atoms with E-state index in [9.17, 15) is 4.79 Å². The molecule has 0 aliphatic carbocycles. The van der Waals surface area contributed by atoms with E-state index < -0.39 is 0 Å². The predicted molar refractivity (Wildman–Crippen MR) is 94.1 cm³/mol. The van der Waals surface area contributed by atoms with Crippen molar-refractivity contribution in [3.05, 3.63) is 59.2 Å². The molecule has 2 N–H and O–H groups in total. The number of hydrogen-bond donors (Lipinski definition) is 2. The highest BCUT2D eigenvalue weighted by Gasteiger charge is 2.14. The molecule has 2 aromatic carbocycles. The van der Waals surface area contributed by atoms with E-state index >= 15 is 0 Å². The van der Waals surface area contributed by atoms with Gasteiger partial charge in [0.2, 0.25) is 0 Å². The lowest BCUT2D eigenvalue weighted by molar-refractivity contribution is 0.249. The Balaban J connectivity index is 2.06. The Bertz CT molecular complexity index is 666. The molecule has 2 amide bonds. The highest BCUT2D eigenvalue weighted by atomic mass is 16.5. The van der Waals surface area contributed by atoms with Crippen molar-refractivity contribution in [2.75, 3.05) is 11.9 Å². The monoisotopic (exact) mass is 312 g/mol. The first-order valence-corrected chi connectivity index (χ1v) is 7.87. The summed E-state index contributed by atoms with van der Waals surface area (Å²) in [6, 6.07) is 13.3. The molecule has 0 heterocycles. The first-order chi connectivity index (χ1) is 11.0. The standard InChI is InChI=1S/C19H24N2O2/c1-5-23-18-11-8-14(3)12-17(18)15(4)20-19(22)21-16-9-6-13(2)7-10-16/h6-12,15H,5H2,1-4H3,(H2,20,21,22). The van der Waals surface area contributed by atoms with Gasteiger partial charge in [0.15, 0.2) is 0 Å². The van der Waals surface area contributed by atoms with Crippen LogP contribution in [0, 0.1) is 13.8 Å². The minimum absolute atomic E-state index is 0.151. The molecule has 0 aliphatic heterocycles. The van der Waals surface area contributed by atoms with Crippen LogP contribution >= 0.6 is 0 Å². The van der Waals surface area contributed by atoms with Gasteiger partial charge in [-0.1, -0.05) is 35.4 Å². The Labute approximate surface area is 137 Å². The fraction of sp³-hybridized carbons (Fsp3) is 0.316. The predicted octanol–water partition coefficient (Wildman–Crippen LogP) is 4.58. The maximum atomic E-state index is 12.2. The number of carbonyl (C=O) groups excluding carboxylic acids is 1. The Morgan fingerprint density at radius 3 is 2.39 bits per heavy atom. The molecule has 0 aromatic heterocycles. The maximum absolute atomic E-state index is 12.2. The summed E-state index contributed by atoms with van der Waals surface area (Å²) in [5.74, 6) is 0.807. The first-order valence-electron chi connectivity index (χ1n) is 7.87. The molecule has 122 valence electrons. The molecule has 0 spiro atoms. The van der Waals surface area contributed by atoms with E-state index in [2.05, 4.69) is 10.6 Å². The van der Waals surface area contributed by atoms with Gasteiger partial charge < -0.3 is 15.4 Å². The molecule has 4 heteroatoms. The average molecular weight is 312 g/mol. The molecular weight excluding hydrogens is 288 g/mol. The molecular formula is C19H24N2O2. The number of anilines is 1. The lowest BCUT2D eigenvalue weighted by Crippen LogP contribution is -2.31. The van der Waals surface area contributed by atoms with Gasteiger partial charge in [0, 0.05) is 11.3 Å². The van der Waals surface area contributed by atoms with Crippen molar-refractivity contribution in [1.82, 2.24) is 5.32 Å². The minimum atomic E-state index is -0.231. The zero-order chi connectivity index (χ0) is 16.8. The number of amides is 2. The van der Waals surface area contributed by atoms with Crippen LogP contribution in [0.3, 0.4) is 0 Å². The van der Waals surface area contributed by atoms with Crippen LogP contribution in [-0.2, 0) is 0 Å². The Morgan fingerprint density at radius 1 is 1.09 bits per heavy atom. The summed E-state index contributed by atoms with van der Waals surface area (Å²) in [6.45, 7) is 8.54. The van der Waals surface area contributed by atoms with Gasteiger partial charge in [-0.25, -0.2) is 4.79 Å². The van der Waals surface area contributed by atoms with E-state index in [0.29, 0.717) is 6.61 Å². The molecule has 1 atom stereocenters. The molecule has 23 heavy (non-hydrogen) atoms. The van der Waals surface area contributed by atoms with Gasteiger partial charge in [-0.2, -0.15) is 0 Å². The topological polar surface area (TPSA) is 50.4 Å². The molecule has 2 rings (SSSR count). The zero-order valence-corrected chi connectivity index (χ0v) is 14.1. The number of nitrogens with one attached hydrogen (secondary N) is 2. The lowest BCUT2D eigenvalue weighted by atomic mass is 10.0. The van der Waals surface area contributed by atoms with Crippen molar-refractivity contribution in [3.63, 3.8) is 0 Å². The third-order valence-corrected chi connectivity index (χ3v) is 3.59. The van der Waals surface area contributed by atoms with Crippen LogP contribution in [0.15, 0.2) is 42.5 Å². The molecule has 1 unspecified atom stereocenters. The van der Waals surface area contributed by atoms with Crippen LogP contribution in [-0.4, -0.2) is 12.6 Å². The summed E-state index contributed by atoms with van der Waals surface area (Å²) in [5, 5.41) is 5.80. The summed E-state index contributed by atoms with van der Waals surface area (Å²) in [5.41, 5.74) is 4.04. The van der Waals surface area contributed by atoms with E-state index in [1.807, 2.05) is 70.2 Å². The van der Waals surface area contributed by atoms with Gasteiger partial charge in [0.1, 0.15) is 5.75 Å². The van der Waals surface area contributed by atoms with Crippen molar-refractivity contribution >= 4 is 11.7 Å². The van der Waals surface area contributed by atoms with Crippen LogP contribution in [0.5, 0.6) is 5.75 Å². The van der Waals surface area contributed by atoms with Gasteiger partial charge in [-0.3, -0.25) is 0 Å². The van der Waals surface area contributed by atoms with E-state index in [1.165, 1.54) is 0 Å². The third-order valence-electron chi connectivity index (χ3n) is 3.59. The van der Waals surface area contributed by atoms with E-state index in [-0.39, 0.29) is 12.1 Å². The molecule has 0 aliphatic rings.